The predicted octanol–water partition coefficient (Wildman–Crippen LogP) is -2.70. The van der Waals surface area contributed by atoms with Gasteiger partial charge in [0.1, 0.15) is 18.3 Å². The second-order valence-corrected chi connectivity index (χ2v) is 4.45. The smallest absolute Gasteiger partial charge is 0.243 e. The van der Waals surface area contributed by atoms with Gasteiger partial charge in [0.15, 0.2) is 5.78 Å². The van der Waals surface area contributed by atoms with Crippen LogP contribution in [0.15, 0.2) is 0 Å². The lowest BCUT2D eigenvalue weighted by Crippen LogP contribution is -2.55. The van der Waals surface area contributed by atoms with Crippen molar-refractivity contribution in [2.45, 2.75) is 29.7 Å². The van der Waals surface area contributed by atoms with Crippen LogP contribution in [0.3, 0.4) is 0 Å². The van der Waals surface area contributed by atoms with Gasteiger partial charge in [-0.1, -0.05) is 0 Å². The number of carbonyl (C=O) groups excluding carboxylic acids is 2. The highest BCUT2D eigenvalue weighted by Crippen LogP contribution is 2.24. The number of carbonyl (C=O) groups is 2. The fraction of sp³-hybridized carbons (Fsp3) is 0.750. The van der Waals surface area contributed by atoms with Crippen LogP contribution < -0.4 is 0 Å². The van der Waals surface area contributed by atoms with Crippen molar-refractivity contribution in [3.63, 3.8) is 0 Å². The molecule has 0 spiro atoms. The molecular formula is C8H13BrO7. The van der Waals surface area contributed by atoms with Gasteiger partial charge in [0.05, 0.1) is 6.61 Å². The molecular weight excluding hydrogens is 288 g/mol. The van der Waals surface area contributed by atoms with E-state index in [1.165, 1.54) is 0 Å². The summed E-state index contributed by atoms with van der Waals surface area (Å²) in [5, 5.41) is 45.6. The van der Waals surface area contributed by atoms with Crippen molar-refractivity contribution in [1.82, 2.24) is 0 Å². The maximum Gasteiger partial charge on any atom is 0.243 e. The summed E-state index contributed by atoms with van der Waals surface area (Å²) in [6, 6.07) is 0. The molecule has 5 N–H and O–H groups in total. The highest BCUT2D eigenvalue weighted by atomic mass is 79.9. The van der Waals surface area contributed by atoms with Gasteiger partial charge in [-0.2, -0.15) is 0 Å². The third-order valence-corrected chi connectivity index (χ3v) is 2.76. The maximum atomic E-state index is 11.2. The normalized spacial score (nSPS) is 20.7. The molecule has 7 nitrogen and oxygen atoms in total. The third-order valence-electron chi connectivity index (χ3n) is 1.93. The molecule has 8 heteroatoms. The van der Waals surface area contributed by atoms with Crippen molar-refractivity contribution in [2.75, 3.05) is 6.61 Å². The Bertz CT molecular complexity index is 278. The van der Waals surface area contributed by atoms with Crippen molar-refractivity contribution in [3.8, 4) is 0 Å². The number of rotatable bonds is 6. The number of halogens is 1. The molecule has 0 saturated carbocycles. The quantitative estimate of drug-likeness (QED) is 0.266. The number of hydrogen-bond acceptors (Lipinski definition) is 7. The van der Waals surface area contributed by atoms with E-state index >= 15 is 0 Å². The Labute approximate surface area is 99.5 Å². The summed E-state index contributed by atoms with van der Waals surface area (Å²) in [6.45, 7) is -0.00823. The van der Waals surface area contributed by atoms with Crippen LogP contribution in [0.5, 0.6) is 0 Å². The van der Waals surface area contributed by atoms with E-state index < -0.39 is 41.0 Å². The summed E-state index contributed by atoms with van der Waals surface area (Å²) in [7, 11) is 0. The largest absolute Gasteiger partial charge is 0.394 e. The van der Waals surface area contributed by atoms with Crippen molar-refractivity contribution < 1.29 is 35.1 Å². The molecule has 0 radical (unpaired) electrons. The number of Topliss-reactive ketones (excluding diaryl/α,β-unsaturated/α-hetero) is 2. The van der Waals surface area contributed by atoms with E-state index in [2.05, 4.69) is 15.9 Å². The van der Waals surface area contributed by atoms with E-state index in [1.807, 2.05) is 0 Å². The summed E-state index contributed by atoms with van der Waals surface area (Å²) < 4.78 is -2.70. The van der Waals surface area contributed by atoms with Gasteiger partial charge in [-0.15, -0.1) is 0 Å². The van der Waals surface area contributed by atoms with Crippen molar-refractivity contribution >= 4 is 27.5 Å². The number of alkyl halides is 1. The Kier molecular flexibility index (Phi) is 5.66. The maximum absolute atomic E-state index is 11.2. The van der Waals surface area contributed by atoms with Crippen molar-refractivity contribution in [1.29, 1.82) is 0 Å². The minimum absolute atomic E-state index is 0.871. The highest BCUT2D eigenvalue weighted by Gasteiger charge is 2.47. The average Bonchev–Trinajstić information content (AvgIpc) is 2.24. The molecule has 4 atom stereocenters. The molecule has 0 amide bonds. The number of hydrogen-bond donors (Lipinski definition) is 5. The molecule has 0 aliphatic heterocycles. The standard InChI is InChI=1S/C8H13BrO7/c1-3(11)6(14)8(9,16)7(15)5(13)4(12)2-10/h4-5,7,10,12-13,15-16H,2H2,1H3/t4?,5?,7?,8-/m0/s1. The van der Waals surface area contributed by atoms with Crippen LogP contribution in [-0.4, -0.2) is 66.5 Å². The molecule has 0 aromatic rings. The van der Waals surface area contributed by atoms with Crippen molar-refractivity contribution in [3.05, 3.63) is 0 Å². The Balaban J connectivity index is 4.88. The first-order chi connectivity index (χ1) is 7.16. The Morgan fingerprint density at radius 1 is 1.31 bits per heavy atom. The lowest BCUT2D eigenvalue weighted by Gasteiger charge is -2.30. The van der Waals surface area contributed by atoms with Crippen LogP contribution >= 0.6 is 15.9 Å². The van der Waals surface area contributed by atoms with Crippen LogP contribution in [0.4, 0.5) is 0 Å². The fourth-order valence-electron chi connectivity index (χ4n) is 0.926. The topological polar surface area (TPSA) is 135 Å². The number of ketones is 2. The highest BCUT2D eigenvalue weighted by molar-refractivity contribution is 9.10. The van der Waals surface area contributed by atoms with Gasteiger partial charge in [0.2, 0.25) is 10.3 Å². The SMILES string of the molecule is CC(=O)C(=O)[C@@](O)(Br)C(O)C(O)C(O)CO. The third kappa shape index (κ3) is 3.30. The van der Waals surface area contributed by atoms with E-state index in [4.69, 9.17) is 10.2 Å². The van der Waals surface area contributed by atoms with Crippen LogP contribution in [0, 0.1) is 0 Å². The lowest BCUT2D eigenvalue weighted by molar-refractivity contribution is -0.157. The van der Waals surface area contributed by atoms with E-state index in [0.717, 1.165) is 6.92 Å². The molecule has 3 unspecified atom stereocenters. The predicted molar refractivity (Wildman–Crippen MR) is 54.7 cm³/mol. The van der Waals surface area contributed by atoms with Gasteiger partial charge >= 0.3 is 0 Å². The molecule has 16 heavy (non-hydrogen) atoms. The van der Waals surface area contributed by atoms with Crippen LogP contribution in [0.25, 0.3) is 0 Å². The van der Waals surface area contributed by atoms with Gasteiger partial charge in [-0.25, -0.2) is 0 Å². The molecule has 0 bridgehead atoms. The van der Waals surface area contributed by atoms with Gasteiger partial charge in [0.25, 0.3) is 0 Å². The molecule has 0 fully saturated rings. The summed E-state index contributed by atoms with van der Waals surface area (Å²) in [5.41, 5.74) is 0. The first kappa shape index (κ1) is 15.6. The van der Waals surface area contributed by atoms with Crippen LogP contribution in [-0.2, 0) is 9.59 Å². The van der Waals surface area contributed by atoms with Crippen molar-refractivity contribution in [2.24, 2.45) is 0 Å². The first-order valence-corrected chi connectivity index (χ1v) is 5.07. The second kappa shape index (κ2) is 5.80. The molecule has 0 saturated heterocycles. The lowest BCUT2D eigenvalue weighted by atomic mass is 9.99. The summed E-state index contributed by atoms with van der Waals surface area (Å²) >= 11 is 2.39. The molecule has 0 heterocycles. The zero-order chi connectivity index (χ0) is 13.1. The first-order valence-electron chi connectivity index (χ1n) is 4.28. The minimum atomic E-state index is -2.70. The zero-order valence-corrected chi connectivity index (χ0v) is 9.96. The zero-order valence-electron chi connectivity index (χ0n) is 8.37. The summed E-state index contributed by atoms with van der Waals surface area (Å²) in [6.07, 6.45) is -5.90. The monoisotopic (exact) mass is 300 g/mol. The molecule has 0 aromatic heterocycles. The van der Waals surface area contributed by atoms with E-state index in [1.54, 1.807) is 0 Å². The van der Waals surface area contributed by atoms with Gasteiger partial charge in [-0.05, 0) is 15.9 Å². The van der Waals surface area contributed by atoms with Crippen LogP contribution in [0.2, 0.25) is 0 Å². The summed E-state index contributed by atoms with van der Waals surface area (Å²) in [5.74, 6) is -2.41. The van der Waals surface area contributed by atoms with Crippen LogP contribution in [0.1, 0.15) is 6.92 Å². The molecule has 0 rings (SSSR count). The summed E-state index contributed by atoms with van der Waals surface area (Å²) in [4.78, 5) is 21.9. The molecule has 0 aliphatic rings. The molecule has 94 valence electrons. The molecule has 0 aliphatic carbocycles. The molecule has 0 aromatic carbocycles. The van der Waals surface area contributed by atoms with E-state index in [-0.39, 0.29) is 0 Å². The number of aliphatic hydroxyl groups excluding tert-OH is 4. The Morgan fingerprint density at radius 2 is 1.75 bits per heavy atom. The fourth-order valence-corrected chi connectivity index (χ4v) is 1.48. The van der Waals surface area contributed by atoms with Gasteiger partial charge < -0.3 is 25.5 Å². The van der Waals surface area contributed by atoms with Gasteiger partial charge in [-0.3, -0.25) is 9.59 Å². The average molecular weight is 301 g/mol. The second-order valence-electron chi connectivity index (χ2n) is 3.24. The minimum Gasteiger partial charge on any atom is -0.394 e. The number of aliphatic hydroxyl groups is 5. The van der Waals surface area contributed by atoms with E-state index in [9.17, 15) is 24.9 Å². The Hall–Kier alpha value is -0.380. The Morgan fingerprint density at radius 3 is 2.06 bits per heavy atom. The van der Waals surface area contributed by atoms with Gasteiger partial charge in [0, 0.05) is 6.92 Å². The van der Waals surface area contributed by atoms with E-state index in [0.29, 0.717) is 0 Å².